The molecule has 1 amide bonds. The van der Waals surface area contributed by atoms with Gasteiger partial charge < -0.3 is 20.3 Å². The molecule has 0 aromatic heterocycles. The van der Waals surface area contributed by atoms with E-state index in [1.165, 1.54) is 0 Å². The molecule has 0 bridgehead atoms. The van der Waals surface area contributed by atoms with Gasteiger partial charge in [-0.2, -0.15) is 0 Å². The summed E-state index contributed by atoms with van der Waals surface area (Å²) in [5, 5.41) is 4.03. The van der Waals surface area contributed by atoms with Crippen LogP contribution in [0.2, 0.25) is 5.02 Å². The second-order valence-electron chi connectivity index (χ2n) is 9.83. The standard InChI is InChI=1S/C28H42ClN3O2/c1-7-32(20(2)3,21(4)5)19-26(31-28(33)23-12-14-27(34-6)15-13-23)11-9-8-10-22-16-24(29)18-25(30)17-22/h12-18,20-21,26H,7-11,19,30H2,1-6H3/p+1. The van der Waals surface area contributed by atoms with Gasteiger partial charge >= 0.3 is 0 Å². The van der Waals surface area contributed by atoms with Crippen molar-refractivity contribution in [2.45, 2.75) is 78.4 Å². The number of anilines is 1. The zero-order chi connectivity index (χ0) is 25.3. The van der Waals surface area contributed by atoms with Crippen molar-refractivity contribution in [1.29, 1.82) is 0 Å². The highest BCUT2D eigenvalue weighted by molar-refractivity contribution is 6.30. The van der Waals surface area contributed by atoms with Crippen LogP contribution in [-0.2, 0) is 6.42 Å². The van der Waals surface area contributed by atoms with Gasteiger partial charge in [0.25, 0.3) is 5.91 Å². The molecule has 1 unspecified atom stereocenters. The molecule has 6 heteroatoms. The molecular formula is C28H43ClN3O2+. The molecule has 0 fully saturated rings. The first kappa shape index (κ1) is 28.0. The van der Waals surface area contributed by atoms with Gasteiger partial charge in [0.1, 0.15) is 5.75 Å². The Labute approximate surface area is 211 Å². The van der Waals surface area contributed by atoms with Crippen LogP contribution in [0, 0.1) is 0 Å². The molecule has 0 aliphatic rings. The van der Waals surface area contributed by atoms with Crippen molar-refractivity contribution in [2.75, 3.05) is 25.9 Å². The van der Waals surface area contributed by atoms with Gasteiger partial charge in [0.2, 0.25) is 0 Å². The first-order chi connectivity index (χ1) is 16.1. The van der Waals surface area contributed by atoms with Crippen LogP contribution in [-0.4, -0.2) is 48.7 Å². The highest BCUT2D eigenvalue weighted by atomic mass is 35.5. The van der Waals surface area contributed by atoms with E-state index < -0.39 is 0 Å². The Morgan fingerprint density at radius 1 is 1.06 bits per heavy atom. The summed E-state index contributed by atoms with van der Waals surface area (Å²) >= 11 is 6.16. The fourth-order valence-corrected chi connectivity index (χ4v) is 5.31. The first-order valence-electron chi connectivity index (χ1n) is 12.5. The number of nitrogens with two attached hydrogens (primary N) is 1. The first-order valence-corrected chi connectivity index (χ1v) is 12.8. The molecule has 0 heterocycles. The van der Waals surface area contributed by atoms with Crippen LogP contribution in [0.3, 0.4) is 0 Å². The van der Waals surface area contributed by atoms with E-state index >= 15 is 0 Å². The minimum absolute atomic E-state index is 0.0306. The lowest BCUT2D eigenvalue weighted by molar-refractivity contribution is -0.966. The summed E-state index contributed by atoms with van der Waals surface area (Å²) < 4.78 is 6.20. The SMILES string of the molecule is CC[N+](CC(CCCCc1cc(N)cc(Cl)c1)NC(=O)c1ccc(OC)cc1)(C(C)C)C(C)C. The lowest BCUT2D eigenvalue weighted by atomic mass is 10.0. The van der Waals surface area contributed by atoms with Crippen molar-refractivity contribution in [1.82, 2.24) is 5.32 Å². The number of unbranched alkanes of at least 4 members (excludes halogenated alkanes) is 1. The number of hydrogen-bond donors (Lipinski definition) is 2. The van der Waals surface area contributed by atoms with E-state index in [0.29, 0.717) is 28.4 Å². The Bertz CT molecular complexity index is 884. The molecule has 34 heavy (non-hydrogen) atoms. The summed E-state index contributed by atoms with van der Waals surface area (Å²) in [7, 11) is 1.63. The molecule has 2 rings (SSSR count). The number of nitrogens with one attached hydrogen (secondary N) is 1. The van der Waals surface area contributed by atoms with Gasteiger partial charge in [0, 0.05) is 16.3 Å². The number of likely N-dealkylation sites (N-methyl/N-ethyl adjacent to an activating group) is 1. The van der Waals surface area contributed by atoms with Crippen molar-refractivity contribution in [3.05, 3.63) is 58.6 Å². The predicted molar refractivity (Wildman–Crippen MR) is 144 cm³/mol. The molecule has 0 saturated carbocycles. The number of nitrogens with zero attached hydrogens (tertiary/aromatic N) is 1. The smallest absolute Gasteiger partial charge is 0.251 e. The molecule has 1 atom stereocenters. The number of hydrogen-bond acceptors (Lipinski definition) is 3. The normalized spacial score (nSPS) is 12.7. The molecule has 2 aromatic rings. The van der Waals surface area contributed by atoms with Crippen molar-refractivity contribution in [3.63, 3.8) is 0 Å². The van der Waals surface area contributed by atoms with Crippen molar-refractivity contribution in [3.8, 4) is 5.75 Å². The summed E-state index contributed by atoms with van der Waals surface area (Å²) in [6.07, 6.45) is 3.88. The average Bonchev–Trinajstić information content (AvgIpc) is 2.78. The summed E-state index contributed by atoms with van der Waals surface area (Å²) in [5.74, 6) is 0.716. The van der Waals surface area contributed by atoms with Crippen LogP contribution < -0.4 is 15.8 Å². The van der Waals surface area contributed by atoms with Crippen molar-refractivity contribution < 1.29 is 14.0 Å². The van der Waals surface area contributed by atoms with E-state index in [9.17, 15) is 4.79 Å². The van der Waals surface area contributed by atoms with Crippen LogP contribution in [0.4, 0.5) is 5.69 Å². The molecule has 2 aromatic carbocycles. The fraction of sp³-hybridized carbons (Fsp3) is 0.536. The van der Waals surface area contributed by atoms with Crippen LogP contribution in [0.25, 0.3) is 0 Å². The third kappa shape index (κ3) is 7.64. The molecule has 188 valence electrons. The lowest BCUT2D eigenvalue weighted by Crippen LogP contribution is -2.62. The molecule has 0 aliphatic carbocycles. The Morgan fingerprint density at radius 3 is 2.24 bits per heavy atom. The Morgan fingerprint density at radius 2 is 1.71 bits per heavy atom. The van der Waals surface area contributed by atoms with E-state index in [1.807, 2.05) is 36.4 Å². The van der Waals surface area contributed by atoms with E-state index in [1.54, 1.807) is 13.2 Å². The van der Waals surface area contributed by atoms with Gasteiger partial charge in [0.05, 0.1) is 38.3 Å². The van der Waals surface area contributed by atoms with Crippen LogP contribution >= 0.6 is 11.6 Å². The number of methoxy groups -OCH3 is 1. The monoisotopic (exact) mass is 488 g/mol. The lowest BCUT2D eigenvalue weighted by Gasteiger charge is -2.47. The second-order valence-corrected chi connectivity index (χ2v) is 10.3. The fourth-order valence-electron chi connectivity index (χ4n) is 5.05. The molecule has 5 nitrogen and oxygen atoms in total. The third-order valence-corrected chi connectivity index (χ3v) is 7.36. The van der Waals surface area contributed by atoms with E-state index in [2.05, 4.69) is 39.9 Å². The number of nitrogen functional groups attached to an aromatic ring is 1. The van der Waals surface area contributed by atoms with Gasteiger partial charge in [-0.25, -0.2) is 0 Å². The maximum absolute atomic E-state index is 13.1. The predicted octanol–water partition coefficient (Wildman–Crippen LogP) is 6.10. The Balaban J connectivity index is 2.12. The summed E-state index contributed by atoms with van der Waals surface area (Å²) in [5.41, 5.74) is 8.46. The number of amides is 1. The number of carbonyl (C=O) groups is 1. The summed E-state index contributed by atoms with van der Waals surface area (Å²) in [6, 6.07) is 14.1. The molecule has 0 radical (unpaired) electrons. The van der Waals surface area contributed by atoms with E-state index in [4.69, 9.17) is 22.1 Å². The van der Waals surface area contributed by atoms with Crippen LogP contribution in [0.5, 0.6) is 5.75 Å². The van der Waals surface area contributed by atoms with Crippen LogP contribution in [0.15, 0.2) is 42.5 Å². The zero-order valence-corrected chi connectivity index (χ0v) is 22.5. The molecule has 3 N–H and O–H groups in total. The number of ether oxygens (including phenoxy) is 1. The van der Waals surface area contributed by atoms with Crippen LogP contribution in [0.1, 0.15) is 69.8 Å². The number of quaternary nitrogens is 1. The summed E-state index contributed by atoms with van der Waals surface area (Å²) in [4.78, 5) is 13.1. The quantitative estimate of drug-likeness (QED) is 0.203. The van der Waals surface area contributed by atoms with Gasteiger partial charge in [0.15, 0.2) is 0 Å². The van der Waals surface area contributed by atoms with Gasteiger partial charge in [-0.05, 0) is 102 Å². The third-order valence-electron chi connectivity index (χ3n) is 7.14. The Kier molecular flexibility index (Phi) is 10.7. The van der Waals surface area contributed by atoms with Crippen molar-refractivity contribution >= 4 is 23.2 Å². The summed E-state index contributed by atoms with van der Waals surface area (Å²) in [6.45, 7) is 13.4. The van der Waals surface area contributed by atoms with Crippen molar-refractivity contribution in [2.24, 2.45) is 0 Å². The van der Waals surface area contributed by atoms with Gasteiger partial charge in [-0.15, -0.1) is 0 Å². The highest BCUT2D eigenvalue weighted by Gasteiger charge is 2.36. The number of halogens is 1. The van der Waals surface area contributed by atoms with E-state index in [0.717, 1.165) is 54.6 Å². The zero-order valence-electron chi connectivity index (χ0n) is 21.7. The number of carbonyl (C=O) groups excluding carboxylic acids is 1. The average molecular weight is 489 g/mol. The number of aryl methyl sites for hydroxylation is 1. The Hall–Kier alpha value is -2.24. The maximum Gasteiger partial charge on any atom is 0.251 e. The molecule has 0 aliphatic heterocycles. The van der Waals surface area contributed by atoms with Gasteiger partial charge in [-0.3, -0.25) is 4.79 Å². The maximum atomic E-state index is 13.1. The number of rotatable bonds is 13. The topological polar surface area (TPSA) is 64.3 Å². The minimum Gasteiger partial charge on any atom is -0.497 e. The number of benzene rings is 2. The second kappa shape index (κ2) is 13.0. The largest absolute Gasteiger partial charge is 0.497 e. The van der Waals surface area contributed by atoms with E-state index in [-0.39, 0.29) is 11.9 Å². The molecular weight excluding hydrogens is 446 g/mol. The molecule has 0 saturated heterocycles. The molecule has 0 spiro atoms. The minimum atomic E-state index is -0.0306. The van der Waals surface area contributed by atoms with Gasteiger partial charge in [-0.1, -0.05) is 18.0 Å². The highest BCUT2D eigenvalue weighted by Crippen LogP contribution is 2.23.